The number of rotatable bonds is 7. The molecule has 1 atom stereocenters. The van der Waals surface area contributed by atoms with Gasteiger partial charge in [0, 0.05) is 11.1 Å². The summed E-state index contributed by atoms with van der Waals surface area (Å²) in [6.45, 7) is 7.65. The zero-order valence-corrected chi connectivity index (χ0v) is 17.1. The molecule has 2 amide bonds. The lowest BCUT2D eigenvalue weighted by molar-refractivity contribution is -0.121. The van der Waals surface area contributed by atoms with Crippen molar-refractivity contribution >= 4 is 11.8 Å². The molecule has 0 fully saturated rings. The molecule has 0 aliphatic heterocycles. The Labute approximate surface area is 167 Å². The van der Waals surface area contributed by atoms with Gasteiger partial charge in [0.1, 0.15) is 0 Å². The van der Waals surface area contributed by atoms with E-state index in [0.29, 0.717) is 5.56 Å². The molecule has 5 heteroatoms. The van der Waals surface area contributed by atoms with Crippen LogP contribution >= 0.6 is 0 Å². The molecule has 0 spiro atoms. The molecule has 28 heavy (non-hydrogen) atoms. The average molecular weight is 383 g/mol. The van der Waals surface area contributed by atoms with E-state index >= 15 is 0 Å². The van der Waals surface area contributed by atoms with Crippen molar-refractivity contribution in [2.75, 3.05) is 6.54 Å². The second-order valence-electron chi connectivity index (χ2n) is 7.99. The van der Waals surface area contributed by atoms with Gasteiger partial charge in [0.05, 0.1) is 12.6 Å². The summed E-state index contributed by atoms with van der Waals surface area (Å²) in [4.78, 5) is 24.3. The molecule has 2 rings (SSSR count). The molecule has 150 valence electrons. The maximum absolute atomic E-state index is 12.4. The lowest BCUT2D eigenvalue weighted by Gasteiger charge is -2.20. The van der Waals surface area contributed by atoms with Gasteiger partial charge in [0.25, 0.3) is 5.91 Å². The van der Waals surface area contributed by atoms with Crippen LogP contribution in [0.2, 0.25) is 0 Å². The number of carbonyl (C=O) groups excluding carboxylic acids is 2. The van der Waals surface area contributed by atoms with Gasteiger partial charge in [-0.25, -0.2) is 0 Å². The predicted molar refractivity (Wildman–Crippen MR) is 112 cm³/mol. The molecule has 2 aromatic rings. The lowest BCUT2D eigenvalue weighted by atomic mass is 9.99. The molecule has 0 aliphatic carbocycles. The monoisotopic (exact) mass is 382 g/mol. The van der Waals surface area contributed by atoms with Crippen molar-refractivity contribution in [2.24, 2.45) is 0 Å². The molecule has 0 heterocycles. The van der Waals surface area contributed by atoms with Crippen LogP contribution in [0.1, 0.15) is 62.6 Å². The van der Waals surface area contributed by atoms with Gasteiger partial charge >= 0.3 is 0 Å². The van der Waals surface area contributed by atoms with Crippen LogP contribution in [-0.2, 0) is 4.79 Å². The fourth-order valence-corrected chi connectivity index (χ4v) is 2.90. The van der Waals surface area contributed by atoms with E-state index in [4.69, 9.17) is 0 Å². The molecule has 0 aromatic heterocycles. The van der Waals surface area contributed by atoms with Crippen molar-refractivity contribution in [1.29, 1.82) is 0 Å². The van der Waals surface area contributed by atoms with Gasteiger partial charge in [-0.3, -0.25) is 9.59 Å². The van der Waals surface area contributed by atoms with Crippen molar-refractivity contribution in [3.05, 3.63) is 59.7 Å². The van der Waals surface area contributed by atoms with Crippen LogP contribution in [0.25, 0.3) is 11.1 Å². The van der Waals surface area contributed by atoms with Crippen molar-refractivity contribution < 1.29 is 14.7 Å². The Hall–Kier alpha value is -2.66. The number of carbonyl (C=O) groups is 2. The van der Waals surface area contributed by atoms with E-state index in [9.17, 15) is 14.7 Å². The Morgan fingerprint density at radius 3 is 2.32 bits per heavy atom. The summed E-state index contributed by atoms with van der Waals surface area (Å²) in [5.41, 5.74) is 2.93. The second-order valence-corrected chi connectivity index (χ2v) is 7.99. The van der Waals surface area contributed by atoms with Gasteiger partial charge in [0.15, 0.2) is 0 Å². The van der Waals surface area contributed by atoms with Gasteiger partial charge < -0.3 is 15.7 Å². The first-order valence-electron chi connectivity index (χ1n) is 9.67. The number of hydrogen-bond acceptors (Lipinski definition) is 3. The fourth-order valence-electron chi connectivity index (χ4n) is 2.90. The van der Waals surface area contributed by atoms with Gasteiger partial charge in [-0.2, -0.15) is 0 Å². The highest BCUT2D eigenvalue weighted by atomic mass is 16.3. The van der Waals surface area contributed by atoms with Crippen LogP contribution in [0.15, 0.2) is 48.5 Å². The highest BCUT2D eigenvalue weighted by molar-refractivity contribution is 5.97. The maximum atomic E-state index is 12.4. The van der Waals surface area contributed by atoms with Gasteiger partial charge in [0.2, 0.25) is 5.91 Å². The molecule has 0 saturated heterocycles. The molecule has 2 aromatic carbocycles. The topological polar surface area (TPSA) is 78.4 Å². The van der Waals surface area contributed by atoms with Crippen LogP contribution in [0.4, 0.5) is 0 Å². The summed E-state index contributed by atoms with van der Waals surface area (Å²) in [5, 5.41) is 15.6. The van der Waals surface area contributed by atoms with Crippen LogP contribution in [0.5, 0.6) is 0 Å². The standard InChI is InChI=1S/C23H30N2O3/c1-5-7-20(26)17-12-10-16(11-13-17)18-8-6-9-19(14-18)22(28)24-15-21(27)25-23(2,3)4/h6,8-14,20,26H,5,7,15H2,1-4H3,(H,24,28)(H,25,27). The first-order valence-corrected chi connectivity index (χ1v) is 9.67. The fraction of sp³-hybridized carbons (Fsp3) is 0.391. The van der Waals surface area contributed by atoms with Crippen molar-refractivity contribution in [1.82, 2.24) is 10.6 Å². The number of aliphatic hydroxyl groups excluding tert-OH is 1. The lowest BCUT2D eigenvalue weighted by Crippen LogP contribution is -2.45. The summed E-state index contributed by atoms with van der Waals surface area (Å²) >= 11 is 0. The third-order valence-electron chi connectivity index (χ3n) is 4.24. The minimum absolute atomic E-state index is 0.0651. The summed E-state index contributed by atoms with van der Waals surface area (Å²) in [6, 6.07) is 15.0. The van der Waals surface area contributed by atoms with Gasteiger partial charge in [-0.05, 0) is 56.0 Å². The first kappa shape index (κ1) is 21.6. The Kier molecular flexibility index (Phi) is 7.35. The highest BCUT2D eigenvalue weighted by Gasteiger charge is 2.15. The number of nitrogens with one attached hydrogen (secondary N) is 2. The third kappa shape index (κ3) is 6.50. The smallest absolute Gasteiger partial charge is 0.251 e. The molecule has 5 nitrogen and oxygen atoms in total. The van der Waals surface area contributed by atoms with E-state index in [2.05, 4.69) is 10.6 Å². The second kappa shape index (κ2) is 9.51. The maximum Gasteiger partial charge on any atom is 0.251 e. The minimum Gasteiger partial charge on any atom is -0.388 e. The van der Waals surface area contributed by atoms with E-state index in [1.54, 1.807) is 12.1 Å². The molecule has 0 bridgehead atoms. The summed E-state index contributed by atoms with van der Waals surface area (Å²) in [6.07, 6.45) is 1.21. The molecule has 0 saturated carbocycles. The first-order chi connectivity index (χ1) is 13.2. The van der Waals surface area contributed by atoms with Crippen LogP contribution < -0.4 is 10.6 Å². The Morgan fingerprint density at radius 2 is 1.71 bits per heavy atom. The van der Waals surface area contributed by atoms with Crippen LogP contribution in [-0.4, -0.2) is 29.0 Å². The van der Waals surface area contributed by atoms with E-state index in [-0.39, 0.29) is 23.9 Å². The number of amides is 2. The van der Waals surface area contributed by atoms with E-state index in [1.165, 1.54) is 0 Å². The van der Waals surface area contributed by atoms with Gasteiger partial charge in [-0.1, -0.05) is 49.7 Å². The molecule has 1 unspecified atom stereocenters. The minimum atomic E-state index is -0.449. The average Bonchev–Trinajstić information content (AvgIpc) is 2.65. The quantitative estimate of drug-likeness (QED) is 0.681. The van der Waals surface area contributed by atoms with E-state index in [0.717, 1.165) is 29.5 Å². The molecular formula is C23H30N2O3. The SMILES string of the molecule is CCCC(O)c1ccc(-c2cccc(C(=O)NCC(=O)NC(C)(C)C)c2)cc1. The number of benzene rings is 2. The zero-order chi connectivity index (χ0) is 20.7. The van der Waals surface area contributed by atoms with E-state index in [1.807, 2.05) is 64.1 Å². The molecule has 0 aliphatic rings. The van der Waals surface area contributed by atoms with Gasteiger partial charge in [-0.15, -0.1) is 0 Å². The Morgan fingerprint density at radius 1 is 1.04 bits per heavy atom. The predicted octanol–water partition coefficient (Wildman–Crippen LogP) is 3.83. The van der Waals surface area contributed by atoms with Crippen LogP contribution in [0.3, 0.4) is 0 Å². The van der Waals surface area contributed by atoms with E-state index < -0.39 is 6.10 Å². The zero-order valence-electron chi connectivity index (χ0n) is 17.1. The molecule has 3 N–H and O–H groups in total. The van der Waals surface area contributed by atoms with Crippen molar-refractivity contribution in [2.45, 2.75) is 52.2 Å². The van der Waals surface area contributed by atoms with Crippen molar-refractivity contribution in [3.8, 4) is 11.1 Å². The Bertz CT molecular complexity index is 807. The van der Waals surface area contributed by atoms with Crippen LogP contribution in [0, 0.1) is 0 Å². The summed E-state index contributed by atoms with van der Waals surface area (Å²) < 4.78 is 0. The highest BCUT2D eigenvalue weighted by Crippen LogP contribution is 2.24. The largest absolute Gasteiger partial charge is 0.388 e. The number of aliphatic hydroxyl groups is 1. The molecular weight excluding hydrogens is 352 g/mol. The third-order valence-corrected chi connectivity index (χ3v) is 4.24. The number of hydrogen-bond donors (Lipinski definition) is 3. The summed E-state index contributed by atoms with van der Waals surface area (Å²) in [7, 11) is 0. The summed E-state index contributed by atoms with van der Waals surface area (Å²) in [5.74, 6) is -0.515. The Balaban J connectivity index is 2.05. The normalized spacial score (nSPS) is 12.3. The molecule has 0 radical (unpaired) electrons. The van der Waals surface area contributed by atoms with Crippen molar-refractivity contribution in [3.63, 3.8) is 0 Å².